The Kier molecular flexibility index (Phi) is 4.58. The monoisotopic (exact) mass is 387 g/mol. The van der Waals surface area contributed by atoms with Crippen LogP contribution in [0.4, 0.5) is 0 Å². The molecule has 0 radical (unpaired) electrons. The summed E-state index contributed by atoms with van der Waals surface area (Å²) < 4.78 is 5.28. The van der Waals surface area contributed by atoms with Crippen LogP contribution >= 0.6 is 11.3 Å². The van der Waals surface area contributed by atoms with E-state index in [1.165, 1.54) is 0 Å². The molecule has 2 saturated heterocycles. The van der Waals surface area contributed by atoms with Gasteiger partial charge in [0.1, 0.15) is 5.76 Å². The van der Waals surface area contributed by atoms with Crippen molar-refractivity contribution < 1.29 is 14.1 Å². The SMILES string of the molecule is Cc1ccc(C(=O)N2CCC3(CCC(=O)N3Cc3c(C)noc3C)CC2)s1. The zero-order valence-corrected chi connectivity index (χ0v) is 16.9. The van der Waals surface area contributed by atoms with E-state index in [-0.39, 0.29) is 17.4 Å². The molecule has 2 aliphatic heterocycles. The van der Waals surface area contributed by atoms with Crippen LogP contribution in [0.2, 0.25) is 0 Å². The second kappa shape index (κ2) is 6.78. The average molecular weight is 388 g/mol. The molecule has 0 aliphatic carbocycles. The first kappa shape index (κ1) is 18.2. The van der Waals surface area contributed by atoms with E-state index in [4.69, 9.17) is 4.52 Å². The van der Waals surface area contributed by atoms with E-state index in [1.54, 1.807) is 11.3 Å². The van der Waals surface area contributed by atoms with E-state index in [0.717, 1.165) is 46.0 Å². The molecule has 0 aromatic carbocycles. The maximum atomic E-state index is 12.7. The van der Waals surface area contributed by atoms with Gasteiger partial charge in [0.15, 0.2) is 0 Å². The van der Waals surface area contributed by atoms with E-state index < -0.39 is 0 Å². The minimum absolute atomic E-state index is 0.115. The number of hydrogen-bond acceptors (Lipinski definition) is 5. The van der Waals surface area contributed by atoms with Crippen LogP contribution in [0.1, 0.15) is 57.2 Å². The van der Waals surface area contributed by atoms with E-state index in [0.29, 0.717) is 26.1 Å². The zero-order valence-electron chi connectivity index (χ0n) is 16.1. The van der Waals surface area contributed by atoms with Crippen LogP contribution in [0.3, 0.4) is 0 Å². The number of thiophene rings is 1. The summed E-state index contributed by atoms with van der Waals surface area (Å²) >= 11 is 1.55. The van der Waals surface area contributed by atoms with Gasteiger partial charge in [-0.05, 0) is 52.2 Å². The standard InChI is InChI=1S/C20H25N3O3S/c1-13-4-5-17(27-13)19(25)22-10-8-20(9-11-22)7-6-18(24)23(20)12-16-14(2)21-26-15(16)3/h4-5H,6-12H2,1-3H3. The zero-order chi connectivity index (χ0) is 19.2. The summed E-state index contributed by atoms with van der Waals surface area (Å²) in [6.45, 7) is 7.78. The molecular weight excluding hydrogens is 362 g/mol. The highest BCUT2D eigenvalue weighted by Crippen LogP contribution is 2.41. The normalized spacial score (nSPS) is 19.3. The molecule has 0 bridgehead atoms. The van der Waals surface area contributed by atoms with Gasteiger partial charge in [-0.3, -0.25) is 9.59 Å². The number of rotatable bonds is 3. The third-order valence-electron chi connectivity index (χ3n) is 6.11. The van der Waals surface area contributed by atoms with Gasteiger partial charge in [-0.1, -0.05) is 5.16 Å². The largest absolute Gasteiger partial charge is 0.361 e. The van der Waals surface area contributed by atoms with Crippen LogP contribution in [0.15, 0.2) is 16.7 Å². The van der Waals surface area contributed by atoms with Gasteiger partial charge in [0, 0.05) is 35.5 Å². The molecule has 7 heteroatoms. The summed E-state index contributed by atoms with van der Waals surface area (Å²) in [5.41, 5.74) is 1.72. The number of carbonyl (C=O) groups excluding carboxylic acids is 2. The Morgan fingerprint density at radius 3 is 2.56 bits per heavy atom. The summed E-state index contributed by atoms with van der Waals surface area (Å²) in [5.74, 6) is 1.09. The van der Waals surface area contributed by atoms with Crippen molar-refractivity contribution in [1.82, 2.24) is 15.0 Å². The molecule has 0 N–H and O–H groups in total. The Morgan fingerprint density at radius 1 is 1.22 bits per heavy atom. The van der Waals surface area contributed by atoms with Crippen LogP contribution in [-0.2, 0) is 11.3 Å². The molecule has 6 nitrogen and oxygen atoms in total. The Labute approximate surface area is 163 Å². The highest BCUT2D eigenvalue weighted by Gasteiger charge is 2.47. The molecule has 0 saturated carbocycles. The number of nitrogens with zero attached hydrogens (tertiary/aromatic N) is 3. The van der Waals surface area contributed by atoms with Crippen LogP contribution in [0.5, 0.6) is 0 Å². The van der Waals surface area contributed by atoms with Gasteiger partial charge in [0.2, 0.25) is 5.91 Å². The lowest BCUT2D eigenvalue weighted by Gasteiger charge is -2.45. The Hall–Kier alpha value is -2.15. The van der Waals surface area contributed by atoms with Crippen LogP contribution in [0.25, 0.3) is 0 Å². The van der Waals surface area contributed by atoms with Crippen molar-refractivity contribution in [1.29, 1.82) is 0 Å². The quantitative estimate of drug-likeness (QED) is 0.809. The summed E-state index contributed by atoms with van der Waals surface area (Å²) in [6, 6.07) is 3.90. The van der Waals surface area contributed by atoms with Crippen molar-refractivity contribution >= 4 is 23.2 Å². The Bertz CT molecular complexity index is 857. The molecule has 2 aromatic rings. The minimum Gasteiger partial charge on any atom is -0.361 e. The van der Waals surface area contributed by atoms with Crippen molar-refractivity contribution in [3.05, 3.63) is 38.9 Å². The van der Waals surface area contributed by atoms with Crippen molar-refractivity contribution in [2.24, 2.45) is 0 Å². The van der Waals surface area contributed by atoms with Crippen molar-refractivity contribution in [3.8, 4) is 0 Å². The Balaban J connectivity index is 1.49. The summed E-state index contributed by atoms with van der Waals surface area (Å²) in [7, 11) is 0. The average Bonchev–Trinajstić information content (AvgIpc) is 3.31. The first-order valence-corrected chi connectivity index (χ1v) is 10.3. The number of likely N-dealkylation sites (tertiary alicyclic amines) is 2. The third-order valence-corrected chi connectivity index (χ3v) is 7.10. The van der Waals surface area contributed by atoms with Crippen LogP contribution in [-0.4, -0.2) is 45.4 Å². The minimum atomic E-state index is -0.143. The molecule has 0 unspecified atom stereocenters. The predicted molar refractivity (Wildman–Crippen MR) is 103 cm³/mol. The lowest BCUT2D eigenvalue weighted by molar-refractivity contribution is -0.133. The fourth-order valence-electron chi connectivity index (χ4n) is 4.37. The molecule has 144 valence electrons. The predicted octanol–water partition coefficient (Wildman–Crippen LogP) is 3.46. The van der Waals surface area contributed by atoms with Crippen LogP contribution < -0.4 is 0 Å². The van der Waals surface area contributed by atoms with Gasteiger partial charge >= 0.3 is 0 Å². The maximum Gasteiger partial charge on any atom is 0.263 e. The fourth-order valence-corrected chi connectivity index (χ4v) is 5.20. The molecule has 2 fully saturated rings. The summed E-state index contributed by atoms with van der Waals surface area (Å²) in [5, 5.41) is 4.02. The molecule has 27 heavy (non-hydrogen) atoms. The highest BCUT2D eigenvalue weighted by atomic mass is 32.1. The van der Waals surface area contributed by atoms with Gasteiger partial charge in [-0.25, -0.2) is 0 Å². The molecule has 2 aromatic heterocycles. The van der Waals surface area contributed by atoms with Gasteiger partial charge in [-0.15, -0.1) is 11.3 Å². The lowest BCUT2D eigenvalue weighted by atomic mass is 9.84. The number of aromatic nitrogens is 1. The van der Waals surface area contributed by atoms with E-state index in [9.17, 15) is 9.59 Å². The van der Waals surface area contributed by atoms with Crippen molar-refractivity contribution in [2.45, 2.75) is 58.5 Å². The molecule has 2 amide bonds. The topological polar surface area (TPSA) is 66.7 Å². The van der Waals surface area contributed by atoms with Crippen molar-refractivity contribution in [2.75, 3.05) is 13.1 Å². The summed E-state index contributed by atoms with van der Waals surface area (Å²) in [4.78, 5) is 31.3. The third kappa shape index (κ3) is 3.18. The molecule has 4 rings (SSSR count). The van der Waals surface area contributed by atoms with Gasteiger partial charge in [0.05, 0.1) is 17.1 Å². The molecule has 0 atom stereocenters. The molecule has 1 spiro atoms. The fraction of sp³-hybridized carbons (Fsp3) is 0.550. The van der Waals surface area contributed by atoms with Crippen LogP contribution in [0, 0.1) is 20.8 Å². The number of hydrogen-bond donors (Lipinski definition) is 0. The van der Waals surface area contributed by atoms with E-state index >= 15 is 0 Å². The second-order valence-corrected chi connectivity index (χ2v) is 9.00. The molecule has 4 heterocycles. The maximum absolute atomic E-state index is 12.7. The summed E-state index contributed by atoms with van der Waals surface area (Å²) in [6.07, 6.45) is 3.12. The number of aryl methyl sites for hydroxylation is 3. The first-order valence-electron chi connectivity index (χ1n) is 9.47. The first-order chi connectivity index (χ1) is 12.9. The van der Waals surface area contributed by atoms with E-state index in [1.807, 2.05) is 42.7 Å². The number of piperidine rings is 1. The molecular formula is C20H25N3O3S. The van der Waals surface area contributed by atoms with Gasteiger partial charge in [0.25, 0.3) is 5.91 Å². The van der Waals surface area contributed by atoms with E-state index in [2.05, 4.69) is 5.16 Å². The smallest absolute Gasteiger partial charge is 0.263 e. The van der Waals surface area contributed by atoms with Gasteiger partial charge < -0.3 is 14.3 Å². The Morgan fingerprint density at radius 2 is 1.96 bits per heavy atom. The lowest BCUT2D eigenvalue weighted by Crippen LogP contribution is -2.53. The highest BCUT2D eigenvalue weighted by molar-refractivity contribution is 7.13. The number of carbonyl (C=O) groups is 2. The second-order valence-electron chi connectivity index (χ2n) is 7.71. The molecule has 2 aliphatic rings. The van der Waals surface area contributed by atoms with Crippen molar-refractivity contribution in [3.63, 3.8) is 0 Å². The number of amides is 2. The van der Waals surface area contributed by atoms with Gasteiger partial charge in [-0.2, -0.15) is 0 Å².